The first-order valence-corrected chi connectivity index (χ1v) is 6.86. The van der Waals surface area contributed by atoms with Crippen molar-refractivity contribution in [3.63, 3.8) is 0 Å². The van der Waals surface area contributed by atoms with E-state index in [2.05, 4.69) is 12.1 Å². The number of anilines is 1. The lowest BCUT2D eigenvalue weighted by Gasteiger charge is -2.15. The van der Waals surface area contributed by atoms with E-state index in [0.29, 0.717) is 17.9 Å². The molecule has 0 aromatic heterocycles. The fourth-order valence-corrected chi connectivity index (χ4v) is 2.33. The molecule has 2 rings (SSSR count). The van der Waals surface area contributed by atoms with Crippen molar-refractivity contribution in [2.45, 2.75) is 25.4 Å². The van der Waals surface area contributed by atoms with E-state index in [4.69, 9.17) is 10.5 Å². The van der Waals surface area contributed by atoms with E-state index in [-0.39, 0.29) is 0 Å². The maximum Gasteiger partial charge on any atom is 0.142 e. The molecule has 2 aromatic carbocycles. The molecule has 0 radical (unpaired) electrons. The van der Waals surface area contributed by atoms with Gasteiger partial charge in [0.15, 0.2) is 0 Å². The van der Waals surface area contributed by atoms with E-state index >= 15 is 0 Å². The van der Waals surface area contributed by atoms with Gasteiger partial charge in [0.1, 0.15) is 5.75 Å². The molecule has 3 nitrogen and oxygen atoms in total. The molecule has 106 valence electrons. The van der Waals surface area contributed by atoms with Crippen LogP contribution in [-0.4, -0.2) is 12.2 Å². The summed E-state index contributed by atoms with van der Waals surface area (Å²) in [5, 5.41) is 10.3. The maximum absolute atomic E-state index is 10.3. The van der Waals surface area contributed by atoms with Crippen LogP contribution in [0.2, 0.25) is 0 Å². The minimum absolute atomic E-state index is 0.530. The van der Waals surface area contributed by atoms with Crippen molar-refractivity contribution < 1.29 is 9.84 Å². The Hall–Kier alpha value is -2.00. The minimum atomic E-state index is -0.547. The molecule has 0 spiro atoms. The van der Waals surface area contributed by atoms with Crippen LogP contribution in [0.3, 0.4) is 0 Å². The van der Waals surface area contributed by atoms with Gasteiger partial charge in [-0.2, -0.15) is 0 Å². The van der Waals surface area contributed by atoms with Gasteiger partial charge in [0.05, 0.1) is 18.9 Å². The van der Waals surface area contributed by atoms with E-state index < -0.39 is 6.10 Å². The highest BCUT2D eigenvalue weighted by Gasteiger charge is 2.13. The third kappa shape index (κ3) is 3.52. The molecule has 20 heavy (non-hydrogen) atoms. The Balaban J connectivity index is 1.93. The second-order valence-corrected chi connectivity index (χ2v) is 4.86. The molecule has 2 aromatic rings. The Morgan fingerprint density at radius 1 is 1.10 bits per heavy atom. The lowest BCUT2D eigenvalue weighted by Crippen LogP contribution is -2.04. The van der Waals surface area contributed by atoms with Gasteiger partial charge in [-0.15, -0.1) is 0 Å². The highest BCUT2D eigenvalue weighted by atomic mass is 16.5. The summed E-state index contributed by atoms with van der Waals surface area (Å²) in [6, 6.07) is 15.8. The standard InChI is InChI=1S/C17H21NO2/c1-20-16-12-6-10-14(17(16)18)15(19)11-5-9-13-7-3-2-4-8-13/h2-4,6-8,10,12,15,19H,5,9,11,18H2,1H3. The summed E-state index contributed by atoms with van der Waals surface area (Å²) in [7, 11) is 1.58. The summed E-state index contributed by atoms with van der Waals surface area (Å²) in [5.74, 6) is 0.615. The van der Waals surface area contributed by atoms with Crippen molar-refractivity contribution in [3.05, 3.63) is 59.7 Å². The maximum atomic E-state index is 10.3. The van der Waals surface area contributed by atoms with Crippen molar-refractivity contribution in [3.8, 4) is 5.75 Å². The predicted molar refractivity (Wildman–Crippen MR) is 81.7 cm³/mol. The molecule has 0 aliphatic heterocycles. The third-order valence-electron chi connectivity index (χ3n) is 3.46. The fourth-order valence-electron chi connectivity index (χ4n) is 2.33. The molecule has 1 atom stereocenters. The van der Waals surface area contributed by atoms with Gasteiger partial charge >= 0.3 is 0 Å². The van der Waals surface area contributed by atoms with Gasteiger partial charge in [-0.25, -0.2) is 0 Å². The highest BCUT2D eigenvalue weighted by molar-refractivity contribution is 5.59. The van der Waals surface area contributed by atoms with Gasteiger partial charge in [0.2, 0.25) is 0 Å². The lowest BCUT2D eigenvalue weighted by atomic mass is 10.00. The van der Waals surface area contributed by atoms with Gasteiger partial charge in [-0.05, 0) is 30.9 Å². The van der Waals surface area contributed by atoms with Crippen LogP contribution in [0.1, 0.15) is 30.1 Å². The van der Waals surface area contributed by atoms with Crippen molar-refractivity contribution in [2.24, 2.45) is 0 Å². The predicted octanol–water partition coefficient (Wildman–Crippen LogP) is 3.33. The van der Waals surface area contributed by atoms with Crippen LogP contribution >= 0.6 is 0 Å². The number of hydrogen-bond acceptors (Lipinski definition) is 3. The van der Waals surface area contributed by atoms with Crippen molar-refractivity contribution in [1.82, 2.24) is 0 Å². The van der Waals surface area contributed by atoms with Crippen LogP contribution in [-0.2, 0) is 6.42 Å². The first-order valence-electron chi connectivity index (χ1n) is 6.86. The number of nitrogen functional groups attached to an aromatic ring is 1. The highest BCUT2D eigenvalue weighted by Crippen LogP contribution is 2.31. The molecular weight excluding hydrogens is 250 g/mol. The minimum Gasteiger partial charge on any atom is -0.495 e. The molecule has 0 fully saturated rings. The normalized spacial score (nSPS) is 12.1. The lowest BCUT2D eigenvalue weighted by molar-refractivity contribution is 0.165. The second-order valence-electron chi connectivity index (χ2n) is 4.86. The van der Waals surface area contributed by atoms with Gasteiger partial charge in [-0.3, -0.25) is 0 Å². The average Bonchev–Trinajstić information content (AvgIpc) is 2.48. The molecule has 3 N–H and O–H groups in total. The molecule has 1 unspecified atom stereocenters. The Morgan fingerprint density at radius 2 is 1.85 bits per heavy atom. The first-order chi connectivity index (χ1) is 9.72. The van der Waals surface area contributed by atoms with Crippen LogP contribution in [0.4, 0.5) is 5.69 Å². The molecule has 3 heteroatoms. The summed E-state index contributed by atoms with van der Waals surface area (Å²) in [6.07, 6.45) is 2.02. The summed E-state index contributed by atoms with van der Waals surface area (Å²) in [6.45, 7) is 0. The summed E-state index contributed by atoms with van der Waals surface area (Å²) in [4.78, 5) is 0. The van der Waals surface area contributed by atoms with Crippen molar-refractivity contribution >= 4 is 5.69 Å². The van der Waals surface area contributed by atoms with Crippen LogP contribution in [0.15, 0.2) is 48.5 Å². The third-order valence-corrected chi connectivity index (χ3v) is 3.46. The zero-order valence-electron chi connectivity index (χ0n) is 11.8. The monoisotopic (exact) mass is 271 g/mol. The molecule has 0 aliphatic carbocycles. The number of ether oxygens (including phenoxy) is 1. The molecule has 0 amide bonds. The number of aliphatic hydroxyl groups is 1. The van der Waals surface area contributed by atoms with Crippen molar-refractivity contribution in [1.29, 1.82) is 0 Å². The van der Waals surface area contributed by atoms with Gasteiger partial charge < -0.3 is 15.6 Å². The van der Waals surface area contributed by atoms with Crippen LogP contribution < -0.4 is 10.5 Å². The van der Waals surface area contributed by atoms with Gasteiger partial charge in [0, 0.05) is 5.56 Å². The smallest absolute Gasteiger partial charge is 0.142 e. The van der Waals surface area contributed by atoms with Crippen LogP contribution in [0.5, 0.6) is 5.75 Å². The Morgan fingerprint density at radius 3 is 2.55 bits per heavy atom. The number of para-hydroxylation sites is 1. The van der Waals surface area contributed by atoms with Gasteiger partial charge in [-0.1, -0.05) is 42.5 Å². The number of benzene rings is 2. The molecular formula is C17H21NO2. The molecule has 0 saturated carbocycles. The number of aliphatic hydroxyl groups excluding tert-OH is 1. The van der Waals surface area contributed by atoms with E-state index in [1.165, 1.54) is 5.56 Å². The second kappa shape index (κ2) is 6.96. The van der Waals surface area contributed by atoms with Gasteiger partial charge in [0.25, 0.3) is 0 Å². The number of methoxy groups -OCH3 is 1. The van der Waals surface area contributed by atoms with Crippen LogP contribution in [0, 0.1) is 0 Å². The number of hydrogen-bond donors (Lipinski definition) is 2. The van der Waals surface area contributed by atoms with E-state index in [1.807, 2.05) is 30.3 Å². The summed E-state index contributed by atoms with van der Waals surface area (Å²) in [5.41, 5.74) is 8.56. The Labute approximate surface area is 120 Å². The first kappa shape index (κ1) is 14.4. The van der Waals surface area contributed by atoms with E-state index in [0.717, 1.165) is 18.4 Å². The zero-order valence-corrected chi connectivity index (χ0v) is 11.8. The Kier molecular flexibility index (Phi) is 5.02. The molecule has 0 saturated heterocycles. The topological polar surface area (TPSA) is 55.5 Å². The largest absolute Gasteiger partial charge is 0.495 e. The number of aryl methyl sites for hydroxylation is 1. The van der Waals surface area contributed by atoms with Crippen LogP contribution in [0.25, 0.3) is 0 Å². The average molecular weight is 271 g/mol. The van der Waals surface area contributed by atoms with E-state index in [9.17, 15) is 5.11 Å². The summed E-state index contributed by atoms with van der Waals surface area (Å²) >= 11 is 0. The van der Waals surface area contributed by atoms with E-state index in [1.54, 1.807) is 13.2 Å². The van der Waals surface area contributed by atoms with Crippen molar-refractivity contribution in [2.75, 3.05) is 12.8 Å². The zero-order chi connectivity index (χ0) is 14.4. The number of nitrogens with two attached hydrogens (primary N) is 1. The molecule has 0 aliphatic rings. The SMILES string of the molecule is COc1cccc(C(O)CCCc2ccccc2)c1N. The quantitative estimate of drug-likeness (QED) is 0.792. The fraction of sp³-hybridized carbons (Fsp3) is 0.294. The summed E-state index contributed by atoms with van der Waals surface area (Å²) < 4.78 is 5.17. The molecule has 0 heterocycles. The Bertz CT molecular complexity index is 540. The number of rotatable bonds is 6. The molecule has 0 bridgehead atoms.